The number of piperidine rings is 1. The molecule has 2 heterocycles. The Hall–Kier alpha value is -1.19. The highest BCUT2D eigenvalue weighted by molar-refractivity contribution is 5.95. The Morgan fingerprint density at radius 1 is 1.25 bits per heavy atom. The molecule has 2 fully saturated rings. The highest BCUT2D eigenvalue weighted by atomic mass is 16.5. The lowest BCUT2D eigenvalue weighted by atomic mass is 9.68. The first-order chi connectivity index (χ1) is 11.5. The van der Waals surface area contributed by atoms with Gasteiger partial charge in [0.15, 0.2) is 5.78 Å². The summed E-state index contributed by atoms with van der Waals surface area (Å²) in [6.45, 7) is 8.83. The summed E-state index contributed by atoms with van der Waals surface area (Å²) < 4.78 is 6.07. The number of rotatable bonds is 5. The molecule has 2 aliphatic rings. The summed E-state index contributed by atoms with van der Waals surface area (Å²) in [6, 6.07) is 9.72. The molecule has 1 unspecified atom stereocenters. The molecule has 0 bridgehead atoms. The van der Waals surface area contributed by atoms with Gasteiger partial charge in [-0.2, -0.15) is 0 Å². The SMILES string of the molecule is CC[C@]1(C)C[C@@]2(CCC[NH+](CCC(=O)c3ccccc3)C2)CCO1. The molecular formula is C21H32NO2+. The fraction of sp³-hybridized carbons (Fsp3) is 0.667. The van der Waals surface area contributed by atoms with Crippen LogP contribution in [0.3, 0.4) is 0 Å². The van der Waals surface area contributed by atoms with Crippen molar-refractivity contribution in [2.24, 2.45) is 5.41 Å². The topological polar surface area (TPSA) is 30.7 Å². The predicted octanol–water partition coefficient (Wildman–Crippen LogP) is 2.90. The number of benzene rings is 1. The standard InChI is InChI=1S/C21H31NO2/c1-3-20(2)16-21(12-15-24-20)11-7-13-22(17-21)14-10-19(23)18-8-5-4-6-9-18/h4-6,8-9H,3,7,10-17H2,1-2H3/p+1/t20-,21-/m1/s1. The van der Waals surface area contributed by atoms with Crippen LogP contribution in [0.4, 0.5) is 0 Å². The summed E-state index contributed by atoms with van der Waals surface area (Å²) >= 11 is 0. The molecule has 0 aromatic heterocycles. The van der Waals surface area contributed by atoms with Crippen molar-refractivity contribution < 1.29 is 14.4 Å². The molecule has 1 aromatic rings. The minimum absolute atomic E-state index is 0.0561. The molecule has 1 aromatic carbocycles. The van der Waals surface area contributed by atoms with E-state index in [4.69, 9.17) is 4.74 Å². The fourth-order valence-electron chi connectivity index (χ4n) is 4.73. The molecular weight excluding hydrogens is 298 g/mol. The quantitative estimate of drug-likeness (QED) is 0.842. The maximum atomic E-state index is 12.4. The van der Waals surface area contributed by atoms with Crippen molar-refractivity contribution in [2.45, 2.75) is 58.0 Å². The molecule has 24 heavy (non-hydrogen) atoms. The zero-order valence-electron chi connectivity index (χ0n) is 15.3. The van der Waals surface area contributed by atoms with Crippen LogP contribution in [0.1, 0.15) is 62.7 Å². The number of ether oxygens (including phenoxy) is 1. The monoisotopic (exact) mass is 330 g/mol. The average molecular weight is 330 g/mol. The maximum absolute atomic E-state index is 12.4. The number of hydrogen-bond acceptors (Lipinski definition) is 2. The number of Topliss-reactive ketones (excluding diaryl/α,β-unsaturated/α-hetero) is 1. The van der Waals surface area contributed by atoms with Crippen molar-refractivity contribution in [2.75, 3.05) is 26.2 Å². The third-order valence-corrected chi connectivity index (χ3v) is 6.24. The fourth-order valence-corrected chi connectivity index (χ4v) is 4.73. The Bertz CT molecular complexity index is 554. The summed E-state index contributed by atoms with van der Waals surface area (Å²) in [5, 5.41) is 0. The van der Waals surface area contributed by atoms with Gasteiger partial charge in [-0.15, -0.1) is 0 Å². The van der Waals surface area contributed by atoms with Crippen LogP contribution in [0.2, 0.25) is 0 Å². The lowest BCUT2D eigenvalue weighted by molar-refractivity contribution is -0.912. The predicted molar refractivity (Wildman–Crippen MR) is 96.5 cm³/mol. The minimum Gasteiger partial charge on any atom is -0.375 e. The summed E-state index contributed by atoms with van der Waals surface area (Å²) in [5.74, 6) is 0.285. The van der Waals surface area contributed by atoms with Gasteiger partial charge in [0.05, 0.1) is 31.7 Å². The zero-order chi connectivity index (χ0) is 17.0. The Balaban J connectivity index is 1.57. The molecule has 2 saturated heterocycles. The molecule has 1 N–H and O–H groups in total. The minimum atomic E-state index is 0.0561. The Morgan fingerprint density at radius 3 is 2.79 bits per heavy atom. The van der Waals surface area contributed by atoms with E-state index in [1.165, 1.54) is 38.8 Å². The van der Waals surface area contributed by atoms with E-state index in [0.717, 1.165) is 25.1 Å². The van der Waals surface area contributed by atoms with E-state index in [2.05, 4.69) is 13.8 Å². The van der Waals surface area contributed by atoms with E-state index in [-0.39, 0.29) is 11.4 Å². The van der Waals surface area contributed by atoms with Crippen molar-refractivity contribution >= 4 is 5.78 Å². The van der Waals surface area contributed by atoms with Gasteiger partial charge >= 0.3 is 0 Å². The highest BCUT2D eigenvalue weighted by Gasteiger charge is 2.46. The molecule has 3 rings (SSSR count). The largest absolute Gasteiger partial charge is 0.375 e. The summed E-state index contributed by atoms with van der Waals surface area (Å²) in [4.78, 5) is 14.0. The Kier molecular flexibility index (Phi) is 5.41. The number of nitrogens with one attached hydrogen (secondary N) is 1. The van der Waals surface area contributed by atoms with Gasteiger partial charge in [0.25, 0.3) is 0 Å². The van der Waals surface area contributed by atoms with E-state index >= 15 is 0 Å². The molecule has 0 aliphatic carbocycles. The van der Waals surface area contributed by atoms with Gasteiger partial charge in [0.2, 0.25) is 0 Å². The van der Waals surface area contributed by atoms with E-state index < -0.39 is 0 Å². The molecule has 0 amide bonds. The molecule has 0 radical (unpaired) electrons. The van der Waals surface area contributed by atoms with Crippen molar-refractivity contribution in [3.63, 3.8) is 0 Å². The van der Waals surface area contributed by atoms with Crippen molar-refractivity contribution in [3.8, 4) is 0 Å². The van der Waals surface area contributed by atoms with Crippen molar-refractivity contribution in [1.82, 2.24) is 0 Å². The van der Waals surface area contributed by atoms with Gasteiger partial charge in [-0.3, -0.25) is 4.79 Å². The first-order valence-electron chi connectivity index (χ1n) is 9.60. The Labute approximate surface area is 146 Å². The van der Waals surface area contributed by atoms with Crippen LogP contribution in [0.15, 0.2) is 30.3 Å². The second-order valence-corrected chi connectivity index (χ2v) is 8.15. The number of ketones is 1. The van der Waals surface area contributed by atoms with Gasteiger partial charge in [-0.05, 0) is 39.0 Å². The van der Waals surface area contributed by atoms with E-state index in [9.17, 15) is 4.79 Å². The third-order valence-electron chi connectivity index (χ3n) is 6.24. The molecule has 3 atom stereocenters. The second-order valence-electron chi connectivity index (χ2n) is 8.15. The van der Waals surface area contributed by atoms with Crippen LogP contribution in [-0.2, 0) is 4.74 Å². The second kappa shape index (κ2) is 7.37. The lowest BCUT2D eigenvalue weighted by Crippen LogP contribution is -3.14. The molecule has 132 valence electrons. The van der Waals surface area contributed by atoms with Crippen LogP contribution < -0.4 is 4.90 Å². The zero-order valence-corrected chi connectivity index (χ0v) is 15.3. The summed E-state index contributed by atoms with van der Waals surface area (Å²) in [6.07, 6.45) is 6.76. The number of hydrogen-bond donors (Lipinski definition) is 1. The van der Waals surface area contributed by atoms with Gasteiger partial charge < -0.3 is 9.64 Å². The summed E-state index contributed by atoms with van der Waals surface area (Å²) in [5.41, 5.74) is 1.35. The first kappa shape index (κ1) is 17.6. The summed E-state index contributed by atoms with van der Waals surface area (Å²) in [7, 11) is 0. The van der Waals surface area contributed by atoms with Gasteiger partial charge in [0.1, 0.15) is 0 Å². The molecule has 1 spiro atoms. The number of carbonyl (C=O) groups is 1. The number of likely N-dealkylation sites (tertiary alicyclic amines) is 1. The molecule has 3 heteroatoms. The highest BCUT2D eigenvalue weighted by Crippen LogP contribution is 2.43. The van der Waals surface area contributed by atoms with Crippen LogP contribution in [-0.4, -0.2) is 37.6 Å². The van der Waals surface area contributed by atoms with Crippen LogP contribution in [0.5, 0.6) is 0 Å². The molecule has 3 nitrogen and oxygen atoms in total. The van der Waals surface area contributed by atoms with E-state index in [0.29, 0.717) is 11.8 Å². The third kappa shape index (κ3) is 4.07. The average Bonchev–Trinajstić information content (AvgIpc) is 2.60. The number of quaternary nitrogens is 1. The van der Waals surface area contributed by atoms with Crippen LogP contribution >= 0.6 is 0 Å². The van der Waals surface area contributed by atoms with E-state index in [1.807, 2.05) is 30.3 Å². The van der Waals surface area contributed by atoms with Gasteiger partial charge in [0, 0.05) is 17.6 Å². The maximum Gasteiger partial charge on any atom is 0.168 e. The van der Waals surface area contributed by atoms with Gasteiger partial charge in [-0.1, -0.05) is 37.3 Å². The smallest absolute Gasteiger partial charge is 0.168 e. The lowest BCUT2D eigenvalue weighted by Gasteiger charge is -2.49. The molecule has 2 aliphatic heterocycles. The van der Waals surface area contributed by atoms with Gasteiger partial charge in [-0.25, -0.2) is 0 Å². The van der Waals surface area contributed by atoms with Crippen LogP contribution in [0, 0.1) is 5.41 Å². The van der Waals surface area contributed by atoms with E-state index in [1.54, 1.807) is 4.90 Å². The normalized spacial score (nSPS) is 33.5. The van der Waals surface area contributed by atoms with Crippen LogP contribution in [0.25, 0.3) is 0 Å². The van der Waals surface area contributed by atoms with Crippen molar-refractivity contribution in [3.05, 3.63) is 35.9 Å². The first-order valence-corrected chi connectivity index (χ1v) is 9.60. The Morgan fingerprint density at radius 2 is 2.04 bits per heavy atom. The molecule has 0 saturated carbocycles. The van der Waals surface area contributed by atoms with Crippen molar-refractivity contribution in [1.29, 1.82) is 0 Å². The number of carbonyl (C=O) groups excluding carboxylic acids is 1.